The van der Waals surface area contributed by atoms with Crippen molar-refractivity contribution in [3.63, 3.8) is 0 Å². The summed E-state index contributed by atoms with van der Waals surface area (Å²) in [5.74, 6) is 0. The van der Waals surface area contributed by atoms with Crippen molar-refractivity contribution in [2.75, 3.05) is 0 Å². The van der Waals surface area contributed by atoms with Crippen molar-refractivity contribution in [1.29, 1.82) is 0 Å². The van der Waals surface area contributed by atoms with E-state index >= 15 is 0 Å². The van der Waals surface area contributed by atoms with Gasteiger partial charge in [-0.15, -0.1) is 0 Å². The molecule has 5 heavy (non-hydrogen) atoms. The first-order valence-corrected chi connectivity index (χ1v) is 28.1. The number of hydrogen-bond acceptors (Lipinski definition) is 0. The summed E-state index contributed by atoms with van der Waals surface area (Å²) >= 11 is -3.50. The van der Waals surface area contributed by atoms with Crippen LogP contribution in [0.4, 0.5) is 0 Å². The topological polar surface area (TPSA) is 0 Å². The van der Waals surface area contributed by atoms with Crippen LogP contribution in [0.25, 0.3) is 0 Å². The van der Waals surface area contributed by atoms with E-state index in [2.05, 4.69) is 0 Å². The normalized spacial score (nSPS) is 8.80. The monoisotopic (exact) mass is 342 g/mol. The predicted octanol–water partition coefficient (Wildman–Crippen LogP) is 2.76. The number of rotatable bonds is 0. The van der Waals surface area contributed by atoms with Gasteiger partial charge in [-0.3, -0.25) is 0 Å². The summed E-state index contributed by atoms with van der Waals surface area (Å²) in [6.45, 7) is 0. The summed E-state index contributed by atoms with van der Waals surface area (Å²) in [6, 6.07) is 0. The molecule has 0 nitrogen and oxygen atoms in total. The van der Waals surface area contributed by atoms with Crippen molar-refractivity contribution in [2.24, 2.45) is 0 Å². The Balaban J connectivity index is 3.02. The zero-order valence-corrected chi connectivity index (χ0v) is 10.7. The third kappa shape index (κ3) is 23.3. The van der Waals surface area contributed by atoms with Crippen molar-refractivity contribution in [1.82, 2.24) is 0 Å². The van der Waals surface area contributed by atoms with Crippen LogP contribution in [0.15, 0.2) is 0 Å². The molecule has 0 bridgehead atoms. The summed E-state index contributed by atoms with van der Waals surface area (Å²) in [5, 5.41) is 0. The van der Waals surface area contributed by atoms with E-state index in [1.807, 2.05) is 0 Å². The van der Waals surface area contributed by atoms with E-state index < -0.39 is 16.5 Å². The Bertz CT molecular complexity index is 19.1. The Hall–Kier alpha value is 2.10. The molecule has 0 radical (unpaired) electrons. The van der Waals surface area contributed by atoms with Gasteiger partial charge in [0.25, 0.3) is 0 Å². The molecule has 0 saturated carbocycles. The van der Waals surface area contributed by atoms with E-state index in [9.17, 15) is 0 Å². The molecule has 0 aliphatic carbocycles. The molecular formula is Cl4Hg. The SMILES string of the molecule is [Cl][Hg]([Cl])([Cl])[Cl]. The van der Waals surface area contributed by atoms with Crippen LogP contribution >= 0.6 is 33.0 Å². The number of halogens is 4. The minimum absolute atomic E-state index is 3.50. The van der Waals surface area contributed by atoms with Crippen molar-refractivity contribution in [3.8, 4) is 0 Å². The molecule has 0 aromatic carbocycles. The fourth-order valence-electron chi connectivity index (χ4n) is 0. The quantitative estimate of drug-likeness (QED) is 0.594. The average Bonchev–Trinajstić information content (AvgIpc) is 0.722. The second kappa shape index (κ2) is 2.41. The van der Waals surface area contributed by atoms with Crippen molar-refractivity contribution in [3.05, 3.63) is 0 Å². The predicted molar refractivity (Wildman–Crippen MR) is 23.4 cm³/mol. The van der Waals surface area contributed by atoms with E-state index in [1.54, 1.807) is 0 Å². The Morgan fingerprint density at radius 2 is 0.800 bits per heavy atom. The van der Waals surface area contributed by atoms with Crippen LogP contribution in [-0.4, -0.2) is 0 Å². The molecular weight excluding hydrogens is 342 g/mol. The van der Waals surface area contributed by atoms with Crippen LogP contribution in [0.2, 0.25) is 0 Å². The molecule has 0 saturated heterocycles. The van der Waals surface area contributed by atoms with E-state index in [-0.39, 0.29) is 0 Å². The minimum atomic E-state index is -3.50. The molecule has 0 fully saturated rings. The van der Waals surface area contributed by atoms with Gasteiger partial charge in [0.05, 0.1) is 0 Å². The van der Waals surface area contributed by atoms with Gasteiger partial charge >= 0.3 is 49.5 Å². The summed E-state index contributed by atoms with van der Waals surface area (Å²) in [7, 11) is 20.2. The molecule has 0 rings (SSSR count). The van der Waals surface area contributed by atoms with Crippen LogP contribution in [0.5, 0.6) is 0 Å². The maximum atomic E-state index is 5.06. The summed E-state index contributed by atoms with van der Waals surface area (Å²) in [4.78, 5) is 0. The molecule has 0 aromatic heterocycles. The Morgan fingerprint density at radius 3 is 0.800 bits per heavy atom. The zero-order valence-electron chi connectivity index (χ0n) is 2.22. The first-order chi connectivity index (χ1) is 2.00. The fraction of sp³-hybridized carbons (Fsp3) is 0. The third-order valence-corrected chi connectivity index (χ3v) is 0. The van der Waals surface area contributed by atoms with Crippen molar-refractivity contribution < 1.29 is 16.5 Å². The Labute approximate surface area is 48.9 Å². The zero-order chi connectivity index (χ0) is 4.50. The first-order valence-electron chi connectivity index (χ1n) is 1.07. The summed E-state index contributed by atoms with van der Waals surface area (Å²) in [6.07, 6.45) is 0. The first kappa shape index (κ1) is 7.10. The third-order valence-electron chi connectivity index (χ3n) is 0. The van der Waals surface area contributed by atoms with Gasteiger partial charge in [-0.05, 0) is 0 Å². The van der Waals surface area contributed by atoms with Gasteiger partial charge in [0, 0.05) is 0 Å². The standard InChI is InChI=1S/4ClH.Hg/h4*1H;/q;;;;+4/p-4. The van der Waals surface area contributed by atoms with Crippen LogP contribution in [-0.2, 0) is 16.5 Å². The molecule has 0 spiro atoms. The summed E-state index contributed by atoms with van der Waals surface area (Å²) in [5.41, 5.74) is 0. The van der Waals surface area contributed by atoms with E-state index in [0.29, 0.717) is 0 Å². The van der Waals surface area contributed by atoms with Crippen LogP contribution < -0.4 is 0 Å². The maximum absolute atomic E-state index is 5.06. The molecule has 0 N–H and O–H groups in total. The molecule has 0 heterocycles. The van der Waals surface area contributed by atoms with E-state index in [1.165, 1.54) is 0 Å². The van der Waals surface area contributed by atoms with E-state index in [0.717, 1.165) is 0 Å². The Kier molecular flexibility index (Phi) is 3.43. The molecule has 0 aromatic rings. The average molecular weight is 342 g/mol. The van der Waals surface area contributed by atoms with Gasteiger partial charge in [0.2, 0.25) is 0 Å². The number of hydrogen-bond donors (Lipinski definition) is 0. The second-order valence-corrected chi connectivity index (χ2v) is 47.9. The molecule has 0 aliphatic rings. The van der Waals surface area contributed by atoms with Gasteiger partial charge in [0.15, 0.2) is 0 Å². The Morgan fingerprint density at radius 1 is 0.800 bits per heavy atom. The van der Waals surface area contributed by atoms with E-state index in [4.69, 9.17) is 33.0 Å². The molecule has 0 unspecified atom stereocenters. The van der Waals surface area contributed by atoms with Gasteiger partial charge < -0.3 is 0 Å². The molecule has 0 atom stereocenters. The van der Waals surface area contributed by atoms with Crippen LogP contribution in [0.1, 0.15) is 0 Å². The van der Waals surface area contributed by atoms with Gasteiger partial charge in [-0.2, -0.15) is 0 Å². The van der Waals surface area contributed by atoms with Gasteiger partial charge in [-0.1, -0.05) is 0 Å². The molecule has 0 amide bonds. The molecule has 30 valence electrons. The van der Waals surface area contributed by atoms with Crippen LogP contribution in [0, 0.1) is 0 Å². The van der Waals surface area contributed by atoms with Crippen LogP contribution in [0.3, 0.4) is 0 Å². The van der Waals surface area contributed by atoms with Gasteiger partial charge in [-0.25, -0.2) is 0 Å². The van der Waals surface area contributed by atoms with Crippen molar-refractivity contribution >= 4 is 33.0 Å². The van der Waals surface area contributed by atoms with Gasteiger partial charge in [0.1, 0.15) is 0 Å². The molecule has 0 aliphatic heterocycles. The molecule has 5 heteroatoms. The van der Waals surface area contributed by atoms with Crippen molar-refractivity contribution in [2.45, 2.75) is 0 Å². The summed E-state index contributed by atoms with van der Waals surface area (Å²) < 4.78 is 0. The second-order valence-electron chi connectivity index (χ2n) is 0.606. The fourth-order valence-corrected chi connectivity index (χ4v) is 0.